The van der Waals surface area contributed by atoms with Gasteiger partial charge in [0.05, 0.1) is 11.8 Å². The molecule has 2 amide bonds. The summed E-state index contributed by atoms with van der Waals surface area (Å²) in [5.74, 6) is -0.399. The van der Waals surface area contributed by atoms with E-state index in [1.807, 2.05) is 4.90 Å². The van der Waals surface area contributed by atoms with Crippen molar-refractivity contribution in [3.8, 4) is 0 Å². The fraction of sp³-hybridized carbons (Fsp3) is 0.556. The first-order valence-electron chi connectivity index (χ1n) is 8.57. The average Bonchev–Trinajstić information content (AvgIpc) is 3.34. The first-order chi connectivity index (χ1) is 11.5. The van der Waals surface area contributed by atoms with Gasteiger partial charge in [0.2, 0.25) is 11.8 Å². The normalized spacial score (nSPS) is 26.1. The van der Waals surface area contributed by atoms with Crippen LogP contribution in [0.3, 0.4) is 0 Å². The number of nitrogens with one attached hydrogen (secondary N) is 1. The lowest BCUT2D eigenvalue weighted by atomic mass is 9.99. The van der Waals surface area contributed by atoms with Gasteiger partial charge in [0, 0.05) is 28.3 Å². The maximum absolute atomic E-state index is 12.7. The molecule has 1 aliphatic heterocycles. The number of likely N-dealkylation sites (tertiary alicyclic amines) is 1. The van der Waals surface area contributed by atoms with Gasteiger partial charge in [0.15, 0.2) is 0 Å². The Bertz CT molecular complexity index is 630. The number of anilines is 1. The van der Waals surface area contributed by atoms with Gasteiger partial charge in [0.25, 0.3) is 0 Å². The molecule has 4 nitrogen and oxygen atoms in total. The van der Waals surface area contributed by atoms with Crippen LogP contribution in [0.2, 0.25) is 10.0 Å². The van der Waals surface area contributed by atoms with E-state index < -0.39 is 0 Å². The molecule has 130 valence electrons. The highest BCUT2D eigenvalue weighted by molar-refractivity contribution is 6.35. The van der Waals surface area contributed by atoms with Crippen LogP contribution in [0, 0.1) is 11.8 Å². The lowest BCUT2D eigenvalue weighted by Gasteiger charge is -2.35. The van der Waals surface area contributed by atoms with Crippen LogP contribution in [0.1, 0.15) is 39.0 Å². The number of halogens is 2. The van der Waals surface area contributed by atoms with Crippen LogP contribution in [0.15, 0.2) is 18.2 Å². The minimum atomic E-state index is -0.241. The highest BCUT2D eigenvalue weighted by Crippen LogP contribution is 2.42. The minimum absolute atomic E-state index is 0.128. The number of carbonyl (C=O) groups excluding carboxylic acids is 2. The fourth-order valence-electron chi connectivity index (χ4n) is 3.55. The molecule has 3 unspecified atom stereocenters. The molecule has 2 aliphatic rings. The standard InChI is InChI=1S/C18H22Cl2N2O2/c1-2-14-5-3-4-6-22(14)18(24)16-10-15(16)17(23)21-13-8-11(19)7-12(20)9-13/h7-9,14-16H,2-6,10H2,1H3,(H,21,23). The molecule has 1 heterocycles. The summed E-state index contributed by atoms with van der Waals surface area (Å²) in [6.45, 7) is 2.95. The van der Waals surface area contributed by atoms with Gasteiger partial charge in [-0.2, -0.15) is 0 Å². The zero-order valence-electron chi connectivity index (χ0n) is 13.7. The third kappa shape index (κ3) is 3.86. The van der Waals surface area contributed by atoms with Crippen LogP contribution in [0.25, 0.3) is 0 Å². The highest BCUT2D eigenvalue weighted by atomic mass is 35.5. The Kier molecular flexibility index (Phi) is 5.36. The number of nitrogens with zero attached hydrogens (tertiary/aromatic N) is 1. The van der Waals surface area contributed by atoms with Gasteiger partial charge < -0.3 is 10.2 Å². The van der Waals surface area contributed by atoms with Gasteiger partial charge in [-0.3, -0.25) is 9.59 Å². The number of benzene rings is 1. The van der Waals surface area contributed by atoms with Crippen LogP contribution in [-0.2, 0) is 9.59 Å². The maximum Gasteiger partial charge on any atom is 0.228 e. The molecule has 2 fully saturated rings. The topological polar surface area (TPSA) is 49.4 Å². The zero-order chi connectivity index (χ0) is 17.3. The third-order valence-corrected chi connectivity index (χ3v) is 5.39. The Labute approximate surface area is 152 Å². The van der Waals surface area contributed by atoms with E-state index in [0.717, 1.165) is 25.8 Å². The van der Waals surface area contributed by atoms with Gasteiger partial charge in [-0.05, 0) is 50.3 Å². The molecule has 1 saturated heterocycles. The summed E-state index contributed by atoms with van der Waals surface area (Å²) in [4.78, 5) is 27.1. The number of amides is 2. The Morgan fingerprint density at radius 2 is 1.88 bits per heavy atom. The van der Waals surface area contributed by atoms with Crippen LogP contribution in [-0.4, -0.2) is 29.3 Å². The molecule has 1 aromatic rings. The number of hydrogen-bond donors (Lipinski definition) is 1. The summed E-state index contributed by atoms with van der Waals surface area (Å²) < 4.78 is 0. The fourth-order valence-corrected chi connectivity index (χ4v) is 4.07. The molecule has 0 aromatic heterocycles. The molecule has 1 N–H and O–H groups in total. The van der Waals surface area contributed by atoms with Crippen molar-refractivity contribution in [3.63, 3.8) is 0 Å². The van der Waals surface area contributed by atoms with Crippen LogP contribution >= 0.6 is 23.2 Å². The Morgan fingerprint density at radius 3 is 2.54 bits per heavy atom. The molecule has 0 radical (unpaired) electrons. The second-order valence-corrected chi connectivity index (χ2v) is 7.56. The lowest BCUT2D eigenvalue weighted by Crippen LogP contribution is -2.44. The van der Waals surface area contributed by atoms with Crippen molar-refractivity contribution in [1.29, 1.82) is 0 Å². The van der Waals surface area contributed by atoms with Crippen molar-refractivity contribution < 1.29 is 9.59 Å². The van der Waals surface area contributed by atoms with E-state index in [0.29, 0.717) is 28.2 Å². The third-order valence-electron chi connectivity index (χ3n) is 4.96. The SMILES string of the molecule is CCC1CCCCN1C(=O)C1CC1C(=O)Nc1cc(Cl)cc(Cl)c1. The number of hydrogen-bond acceptors (Lipinski definition) is 2. The van der Waals surface area contributed by atoms with Gasteiger partial charge in [-0.25, -0.2) is 0 Å². The Hall–Kier alpha value is -1.26. The van der Waals surface area contributed by atoms with E-state index >= 15 is 0 Å². The van der Waals surface area contributed by atoms with Gasteiger partial charge >= 0.3 is 0 Å². The van der Waals surface area contributed by atoms with Crippen molar-refractivity contribution in [1.82, 2.24) is 4.90 Å². The maximum atomic E-state index is 12.7. The van der Waals surface area contributed by atoms with E-state index in [2.05, 4.69) is 12.2 Å². The summed E-state index contributed by atoms with van der Waals surface area (Å²) >= 11 is 11.9. The second-order valence-electron chi connectivity index (χ2n) is 6.69. The Balaban J connectivity index is 1.59. The zero-order valence-corrected chi connectivity index (χ0v) is 15.2. The quantitative estimate of drug-likeness (QED) is 0.857. The second kappa shape index (κ2) is 7.32. The summed E-state index contributed by atoms with van der Waals surface area (Å²) in [5.41, 5.74) is 0.569. The molecule has 1 aromatic carbocycles. The first-order valence-corrected chi connectivity index (χ1v) is 9.32. The number of carbonyl (C=O) groups is 2. The van der Waals surface area contributed by atoms with Crippen molar-refractivity contribution in [2.24, 2.45) is 11.8 Å². The summed E-state index contributed by atoms with van der Waals surface area (Å²) in [7, 11) is 0. The summed E-state index contributed by atoms with van der Waals surface area (Å²) in [5, 5.41) is 3.76. The van der Waals surface area contributed by atoms with Gasteiger partial charge in [0.1, 0.15) is 0 Å². The first kappa shape index (κ1) is 17.6. The number of piperidine rings is 1. The predicted octanol–water partition coefficient (Wildman–Crippen LogP) is 4.36. The highest BCUT2D eigenvalue weighted by Gasteiger charge is 2.50. The van der Waals surface area contributed by atoms with Gasteiger partial charge in [-0.15, -0.1) is 0 Å². The van der Waals surface area contributed by atoms with Crippen LogP contribution in [0.4, 0.5) is 5.69 Å². The lowest BCUT2D eigenvalue weighted by molar-refractivity contribution is -0.137. The molecule has 1 aliphatic carbocycles. The largest absolute Gasteiger partial charge is 0.339 e. The van der Waals surface area contributed by atoms with Crippen molar-refractivity contribution in [3.05, 3.63) is 28.2 Å². The van der Waals surface area contributed by atoms with Crippen LogP contribution in [0.5, 0.6) is 0 Å². The van der Waals surface area contributed by atoms with Crippen LogP contribution < -0.4 is 5.32 Å². The van der Waals surface area contributed by atoms with E-state index in [1.54, 1.807) is 18.2 Å². The molecular weight excluding hydrogens is 347 g/mol. The molecule has 6 heteroatoms. The van der Waals surface area contributed by atoms with Crippen molar-refractivity contribution in [2.45, 2.75) is 45.1 Å². The van der Waals surface area contributed by atoms with Crippen molar-refractivity contribution >= 4 is 40.7 Å². The van der Waals surface area contributed by atoms with Gasteiger partial charge in [-0.1, -0.05) is 30.1 Å². The van der Waals surface area contributed by atoms with Crippen molar-refractivity contribution in [2.75, 3.05) is 11.9 Å². The molecule has 1 saturated carbocycles. The molecule has 24 heavy (non-hydrogen) atoms. The smallest absolute Gasteiger partial charge is 0.228 e. The average molecular weight is 369 g/mol. The molecule has 0 bridgehead atoms. The van der Waals surface area contributed by atoms with E-state index in [1.165, 1.54) is 6.42 Å². The summed E-state index contributed by atoms with van der Waals surface area (Å²) in [6.07, 6.45) is 4.94. The molecule has 0 spiro atoms. The van der Waals surface area contributed by atoms with E-state index in [9.17, 15) is 9.59 Å². The Morgan fingerprint density at radius 1 is 1.17 bits per heavy atom. The number of rotatable bonds is 4. The van der Waals surface area contributed by atoms with E-state index in [-0.39, 0.29) is 23.7 Å². The molecule has 3 atom stereocenters. The summed E-state index contributed by atoms with van der Waals surface area (Å²) in [6, 6.07) is 5.26. The van der Waals surface area contributed by atoms with E-state index in [4.69, 9.17) is 23.2 Å². The monoisotopic (exact) mass is 368 g/mol. The molecule has 3 rings (SSSR count). The predicted molar refractivity (Wildman–Crippen MR) is 96.3 cm³/mol. The molecular formula is C18H22Cl2N2O2. The minimum Gasteiger partial charge on any atom is -0.339 e.